The first kappa shape index (κ1) is 47.3. The number of nitrogens with zero attached hydrogens (tertiary/aromatic N) is 1. The van der Waals surface area contributed by atoms with Crippen molar-refractivity contribution in [1.82, 2.24) is 5.32 Å². The van der Waals surface area contributed by atoms with Crippen LogP contribution in [0, 0.1) is 16.2 Å². The summed E-state index contributed by atoms with van der Waals surface area (Å²) in [5.74, 6) is 0. The first-order valence-electron chi connectivity index (χ1n) is 25.2. The summed E-state index contributed by atoms with van der Waals surface area (Å²) < 4.78 is 6.57. The molecule has 1 aromatic heterocycles. The molecule has 6 aliphatic carbocycles. The van der Waals surface area contributed by atoms with Crippen molar-refractivity contribution in [3.05, 3.63) is 136 Å². The normalized spacial score (nSPS) is 26.8. The fourth-order valence-electron chi connectivity index (χ4n) is 12.5. The van der Waals surface area contributed by atoms with Crippen LogP contribution in [0.25, 0.3) is 11.0 Å². The van der Waals surface area contributed by atoms with Crippen molar-refractivity contribution in [3.63, 3.8) is 0 Å². The maximum atomic E-state index is 6.57. The maximum absolute atomic E-state index is 6.57. The second-order valence-electron chi connectivity index (χ2n) is 25.2. The standard InChI is InChI=1S/C61H82BN2O/c1-17-19-42(22-32-63-33-23-45-44(18-2)56(7,8)24-25-57(45,9)10)64(52-21-20-41(34-40(52)3)55(4,5)6)53-37-47-46(58(11,12)26-27-59(47,13)14)36-50(53)62-51-39-65-54-38-49-48(35-43(51)54)60(15)28-30-61(49,16)31-29-60/h17-20,22-23,33-39,52,63H,2,21,24-32H2,1,3-16H3/b19-17-,33-23+,42-22+. The van der Waals surface area contributed by atoms with E-state index in [1.807, 2.05) is 6.26 Å². The smallest absolute Gasteiger partial charge is 0.199 e. The summed E-state index contributed by atoms with van der Waals surface area (Å²) in [6.45, 7) is 40.8. The Morgan fingerprint density at radius 3 is 1.94 bits per heavy atom. The van der Waals surface area contributed by atoms with Crippen LogP contribution < -0.4 is 21.1 Å². The quantitative estimate of drug-likeness (QED) is 0.118. The van der Waals surface area contributed by atoms with E-state index in [0.717, 1.165) is 18.4 Å². The van der Waals surface area contributed by atoms with Crippen molar-refractivity contribution in [2.24, 2.45) is 16.2 Å². The molecule has 1 heterocycles. The van der Waals surface area contributed by atoms with Gasteiger partial charge in [-0.2, -0.15) is 0 Å². The van der Waals surface area contributed by atoms with E-state index in [1.54, 1.807) is 5.56 Å². The van der Waals surface area contributed by atoms with Gasteiger partial charge in [-0.3, -0.25) is 0 Å². The van der Waals surface area contributed by atoms with Gasteiger partial charge < -0.3 is 14.6 Å². The molecule has 1 N–H and O–H groups in total. The van der Waals surface area contributed by atoms with Crippen LogP contribution in [-0.4, -0.2) is 19.9 Å². The summed E-state index contributed by atoms with van der Waals surface area (Å²) in [7, 11) is 2.47. The van der Waals surface area contributed by atoms with Crippen LogP contribution in [0.4, 0.5) is 5.69 Å². The lowest BCUT2D eigenvalue weighted by molar-refractivity contribution is 0.188. The lowest BCUT2D eigenvalue weighted by Gasteiger charge is -2.52. The van der Waals surface area contributed by atoms with Gasteiger partial charge >= 0.3 is 0 Å². The second-order valence-corrected chi connectivity index (χ2v) is 25.2. The number of anilines is 1. The zero-order chi connectivity index (χ0) is 47.1. The molecule has 65 heavy (non-hydrogen) atoms. The minimum atomic E-state index is 0.0457. The Balaban J connectivity index is 1.27. The molecule has 3 aromatic rings. The fourth-order valence-corrected chi connectivity index (χ4v) is 12.5. The molecule has 1 unspecified atom stereocenters. The first-order chi connectivity index (χ1) is 30.3. The van der Waals surface area contributed by atoms with Gasteiger partial charge in [-0.1, -0.05) is 138 Å². The van der Waals surface area contributed by atoms with Gasteiger partial charge in [-0.25, -0.2) is 0 Å². The van der Waals surface area contributed by atoms with Gasteiger partial charge in [-0.15, -0.1) is 0 Å². The Kier molecular flexibility index (Phi) is 12.1. The Morgan fingerprint density at radius 2 is 1.35 bits per heavy atom. The van der Waals surface area contributed by atoms with Crippen LogP contribution in [0.2, 0.25) is 0 Å². The number of benzene rings is 2. The van der Waals surface area contributed by atoms with Crippen LogP contribution in [0.15, 0.2) is 118 Å². The maximum Gasteiger partial charge on any atom is 0.199 e. The highest BCUT2D eigenvalue weighted by atomic mass is 16.3. The molecule has 0 spiro atoms. The van der Waals surface area contributed by atoms with E-state index in [2.05, 4.69) is 201 Å². The molecule has 0 saturated heterocycles. The fraction of sp³-hybridized carbons (Fsp3) is 0.541. The zero-order valence-corrected chi connectivity index (χ0v) is 43.3. The van der Waals surface area contributed by atoms with Gasteiger partial charge in [0.05, 0.1) is 12.3 Å². The first-order valence-corrected chi connectivity index (χ1v) is 25.2. The number of hydrogen-bond donors (Lipinski definition) is 1. The van der Waals surface area contributed by atoms with Crippen molar-refractivity contribution in [1.29, 1.82) is 0 Å². The zero-order valence-electron chi connectivity index (χ0n) is 43.3. The van der Waals surface area contributed by atoms with Crippen LogP contribution in [0.3, 0.4) is 0 Å². The Morgan fingerprint density at radius 1 is 0.769 bits per heavy atom. The van der Waals surface area contributed by atoms with Gasteiger partial charge in [0.25, 0.3) is 0 Å². The Labute approximate surface area is 396 Å². The largest absolute Gasteiger partial charge is 0.465 e. The van der Waals surface area contributed by atoms with E-state index in [9.17, 15) is 0 Å². The molecule has 3 nitrogen and oxygen atoms in total. The SMILES string of the molecule is C=CC1=C(/C=C/NC/C=C(\C=C/C)N(c2cc3c(cc2[B]c2coc4cc5c(cc24)C2(C)CCC5(C)CC2)C(C)(C)CCC3(C)C)C2CC=C(C(C)(C)C)C=C2C)C(C)(C)CCC1(C)C. The van der Waals surface area contributed by atoms with E-state index in [-0.39, 0.29) is 43.9 Å². The molecular weight excluding hydrogens is 787 g/mol. The van der Waals surface area contributed by atoms with Crippen molar-refractivity contribution < 1.29 is 4.42 Å². The average Bonchev–Trinajstić information content (AvgIpc) is 3.63. The molecule has 1 radical (unpaired) electrons. The average molecular weight is 870 g/mol. The summed E-state index contributed by atoms with van der Waals surface area (Å²) in [6, 6.07) is 10.3. The summed E-state index contributed by atoms with van der Waals surface area (Å²) in [5, 5.41) is 4.97. The van der Waals surface area contributed by atoms with Crippen molar-refractivity contribution in [2.75, 3.05) is 11.4 Å². The minimum absolute atomic E-state index is 0.0457. The molecule has 4 heteroatoms. The highest BCUT2D eigenvalue weighted by Gasteiger charge is 2.48. The summed E-state index contributed by atoms with van der Waals surface area (Å²) in [5.41, 5.74) is 18.4. The number of allylic oxidation sites excluding steroid dienone is 8. The van der Waals surface area contributed by atoms with Gasteiger partial charge in [0, 0.05) is 23.3 Å². The predicted molar refractivity (Wildman–Crippen MR) is 282 cm³/mol. The third-order valence-corrected chi connectivity index (χ3v) is 17.5. The van der Waals surface area contributed by atoms with E-state index in [0.29, 0.717) is 6.54 Å². The summed E-state index contributed by atoms with van der Waals surface area (Å²) in [4.78, 5) is 2.69. The molecular formula is C61H82BN2O. The van der Waals surface area contributed by atoms with Crippen LogP contribution in [0.1, 0.15) is 184 Å². The lowest BCUT2D eigenvalue weighted by Crippen LogP contribution is -2.44. The van der Waals surface area contributed by atoms with Crippen molar-refractivity contribution >= 4 is 34.9 Å². The topological polar surface area (TPSA) is 28.4 Å². The number of hydrogen-bond acceptors (Lipinski definition) is 3. The molecule has 345 valence electrons. The molecule has 1 atom stereocenters. The minimum Gasteiger partial charge on any atom is -0.465 e. The number of rotatable bonds is 11. The van der Waals surface area contributed by atoms with Crippen LogP contribution in [-0.2, 0) is 21.7 Å². The van der Waals surface area contributed by atoms with Gasteiger partial charge in [0.15, 0.2) is 7.28 Å². The molecule has 6 aliphatic rings. The predicted octanol–water partition coefficient (Wildman–Crippen LogP) is 14.9. The Bertz CT molecular complexity index is 2560. The molecule has 0 aliphatic heterocycles. The molecule has 9 rings (SSSR count). The van der Waals surface area contributed by atoms with E-state index < -0.39 is 0 Å². The van der Waals surface area contributed by atoms with Gasteiger partial charge in [0.2, 0.25) is 0 Å². The summed E-state index contributed by atoms with van der Waals surface area (Å²) >= 11 is 0. The van der Waals surface area contributed by atoms with Gasteiger partial charge in [0.1, 0.15) is 5.58 Å². The third kappa shape index (κ3) is 8.56. The number of furan rings is 1. The van der Waals surface area contributed by atoms with Crippen LogP contribution in [0.5, 0.6) is 0 Å². The van der Waals surface area contributed by atoms with E-state index in [1.165, 1.54) is 112 Å². The van der Waals surface area contributed by atoms with Crippen molar-refractivity contribution in [3.8, 4) is 0 Å². The van der Waals surface area contributed by atoms with E-state index in [4.69, 9.17) is 4.42 Å². The molecule has 1 saturated carbocycles. The Hall–Kier alpha value is -4.18. The third-order valence-electron chi connectivity index (χ3n) is 17.5. The summed E-state index contributed by atoms with van der Waals surface area (Å²) in [6.07, 6.45) is 31.3. The molecule has 0 amide bonds. The second kappa shape index (κ2) is 16.6. The molecule has 2 aromatic carbocycles. The van der Waals surface area contributed by atoms with E-state index >= 15 is 0 Å². The number of nitrogens with one attached hydrogen (secondary N) is 1. The molecule has 1 fully saturated rings. The monoisotopic (exact) mass is 870 g/mol. The lowest BCUT2D eigenvalue weighted by atomic mass is 9.52. The van der Waals surface area contributed by atoms with Gasteiger partial charge in [-0.05, 0) is 197 Å². The van der Waals surface area contributed by atoms with Crippen molar-refractivity contribution in [2.45, 2.75) is 189 Å². The number of fused-ring (bicyclic) bond motifs is 4. The van der Waals surface area contributed by atoms with Crippen LogP contribution >= 0.6 is 0 Å². The molecule has 2 bridgehead atoms. The highest BCUT2D eigenvalue weighted by molar-refractivity contribution is 6.71. The highest BCUT2D eigenvalue weighted by Crippen LogP contribution is 2.57.